The van der Waals surface area contributed by atoms with Crippen molar-refractivity contribution in [2.45, 2.75) is 26.2 Å². The van der Waals surface area contributed by atoms with Gasteiger partial charge in [0.2, 0.25) is 6.79 Å². The summed E-state index contributed by atoms with van der Waals surface area (Å²) in [6.07, 6.45) is 0. The summed E-state index contributed by atoms with van der Waals surface area (Å²) in [6.45, 7) is 7.11. The van der Waals surface area contributed by atoms with Crippen molar-refractivity contribution in [2.24, 2.45) is 0 Å². The number of ether oxygens (including phenoxy) is 3. The maximum Gasteiger partial charge on any atom is 0.231 e. The van der Waals surface area contributed by atoms with E-state index in [0.29, 0.717) is 13.1 Å². The lowest BCUT2D eigenvalue weighted by molar-refractivity contribution is 0.174. The van der Waals surface area contributed by atoms with Crippen LogP contribution in [0.15, 0.2) is 78.7 Å². The summed E-state index contributed by atoms with van der Waals surface area (Å²) in [5.74, 6) is 2.15. The molecule has 0 fully saturated rings. The largest absolute Gasteiger partial charge is 0.497 e. The van der Waals surface area contributed by atoms with Gasteiger partial charge >= 0.3 is 0 Å². The molecule has 4 aromatic rings. The van der Waals surface area contributed by atoms with Crippen LogP contribution in [0.4, 0.5) is 4.39 Å². The fourth-order valence-electron chi connectivity index (χ4n) is 4.07. The van der Waals surface area contributed by atoms with E-state index in [-0.39, 0.29) is 12.6 Å². The molecular formula is C29H28FN3O3S. The molecule has 0 radical (unpaired) electrons. The number of nitrogens with zero attached hydrogens (tertiary/aromatic N) is 2. The Hall–Kier alpha value is -3.88. The molecule has 0 saturated heterocycles. The maximum absolute atomic E-state index is 13.2. The zero-order valence-corrected chi connectivity index (χ0v) is 21.4. The average molecular weight is 518 g/mol. The van der Waals surface area contributed by atoms with Gasteiger partial charge in [0.05, 0.1) is 25.0 Å². The second kappa shape index (κ2) is 11.5. The van der Waals surface area contributed by atoms with Crippen molar-refractivity contribution in [3.8, 4) is 17.2 Å². The number of rotatable bonds is 11. The first kappa shape index (κ1) is 24.8. The van der Waals surface area contributed by atoms with Gasteiger partial charge in [0.1, 0.15) is 16.6 Å². The molecule has 1 N–H and O–H groups in total. The minimum absolute atomic E-state index is 0.244. The molecule has 0 atom stereocenters. The van der Waals surface area contributed by atoms with Crippen LogP contribution in [0.5, 0.6) is 17.2 Å². The van der Waals surface area contributed by atoms with E-state index in [1.807, 2.05) is 29.6 Å². The second-order valence-electron chi connectivity index (χ2n) is 8.77. The lowest BCUT2D eigenvalue weighted by Crippen LogP contribution is -2.22. The maximum atomic E-state index is 13.2. The highest BCUT2D eigenvalue weighted by Crippen LogP contribution is 2.33. The monoisotopic (exact) mass is 517 g/mol. The van der Waals surface area contributed by atoms with Crippen LogP contribution in [0.3, 0.4) is 0 Å². The van der Waals surface area contributed by atoms with Crippen molar-refractivity contribution in [3.05, 3.63) is 112 Å². The summed E-state index contributed by atoms with van der Waals surface area (Å²) >= 11 is 1.61. The summed E-state index contributed by atoms with van der Waals surface area (Å²) < 4.78 is 29.5. The predicted molar refractivity (Wildman–Crippen MR) is 143 cm³/mol. The van der Waals surface area contributed by atoms with E-state index in [4.69, 9.17) is 19.2 Å². The first-order valence-corrected chi connectivity index (χ1v) is 12.8. The van der Waals surface area contributed by atoms with Gasteiger partial charge in [0, 0.05) is 25.0 Å². The van der Waals surface area contributed by atoms with E-state index >= 15 is 0 Å². The van der Waals surface area contributed by atoms with Crippen molar-refractivity contribution in [3.63, 3.8) is 0 Å². The first-order chi connectivity index (χ1) is 18.1. The van der Waals surface area contributed by atoms with Gasteiger partial charge in [0.15, 0.2) is 11.5 Å². The van der Waals surface area contributed by atoms with Crippen LogP contribution in [0.25, 0.3) is 5.70 Å². The van der Waals surface area contributed by atoms with Gasteiger partial charge in [-0.25, -0.2) is 9.37 Å². The van der Waals surface area contributed by atoms with E-state index in [1.54, 1.807) is 30.6 Å². The molecular weight excluding hydrogens is 489 g/mol. The SMILES string of the molecule is C=C(NCc1ccc(F)cc1)c1csc(CN(Cc2ccc(OC)cc2)Cc2ccc3c(c2)OCO3)n1. The van der Waals surface area contributed by atoms with Crippen LogP contribution < -0.4 is 19.5 Å². The van der Waals surface area contributed by atoms with Gasteiger partial charge < -0.3 is 19.5 Å². The summed E-state index contributed by atoms with van der Waals surface area (Å²) in [6, 6.07) is 20.6. The number of halogens is 1. The third-order valence-corrected chi connectivity index (χ3v) is 6.88. The highest BCUT2D eigenvalue weighted by Gasteiger charge is 2.17. The number of benzene rings is 3. The molecule has 1 aromatic heterocycles. The smallest absolute Gasteiger partial charge is 0.231 e. The number of fused-ring (bicyclic) bond motifs is 1. The fourth-order valence-corrected chi connectivity index (χ4v) is 4.92. The fraction of sp³-hybridized carbons (Fsp3) is 0.207. The number of thiazole rings is 1. The normalized spacial score (nSPS) is 12.1. The van der Waals surface area contributed by atoms with Crippen molar-refractivity contribution < 1.29 is 18.6 Å². The van der Waals surface area contributed by atoms with Crippen molar-refractivity contribution in [1.82, 2.24) is 15.2 Å². The Morgan fingerprint density at radius 1 is 0.973 bits per heavy atom. The molecule has 0 amide bonds. The topological polar surface area (TPSA) is 55.9 Å². The Balaban J connectivity index is 1.27. The number of hydrogen-bond donors (Lipinski definition) is 1. The first-order valence-electron chi connectivity index (χ1n) is 11.9. The van der Waals surface area contributed by atoms with Gasteiger partial charge in [-0.2, -0.15) is 0 Å². The highest BCUT2D eigenvalue weighted by molar-refractivity contribution is 7.09. The Morgan fingerprint density at radius 2 is 1.68 bits per heavy atom. The molecule has 0 spiro atoms. The molecule has 2 heterocycles. The van der Waals surface area contributed by atoms with Crippen molar-refractivity contribution >= 4 is 17.0 Å². The Labute approximate surface area is 220 Å². The molecule has 0 bridgehead atoms. The molecule has 6 nitrogen and oxygen atoms in total. The summed E-state index contributed by atoms with van der Waals surface area (Å²) in [5.41, 5.74) is 4.86. The minimum Gasteiger partial charge on any atom is -0.497 e. The van der Waals surface area contributed by atoms with Gasteiger partial charge in [-0.05, 0) is 53.1 Å². The highest BCUT2D eigenvalue weighted by atomic mass is 32.1. The van der Waals surface area contributed by atoms with Crippen LogP contribution in [-0.4, -0.2) is 23.8 Å². The van der Waals surface area contributed by atoms with Gasteiger partial charge in [0.25, 0.3) is 0 Å². The van der Waals surface area contributed by atoms with Crippen molar-refractivity contribution in [1.29, 1.82) is 0 Å². The number of aromatic nitrogens is 1. The number of hydrogen-bond acceptors (Lipinski definition) is 7. The molecule has 37 heavy (non-hydrogen) atoms. The average Bonchev–Trinajstić information content (AvgIpc) is 3.58. The Morgan fingerprint density at radius 3 is 2.46 bits per heavy atom. The number of nitrogens with one attached hydrogen (secondary N) is 1. The zero-order chi connectivity index (χ0) is 25.6. The Kier molecular flexibility index (Phi) is 7.67. The van der Waals surface area contributed by atoms with Gasteiger partial charge in [-0.15, -0.1) is 11.3 Å². The van der Waals surface area contributed by atoms with Crippen LogP contribution >= 0.6 is 11.3 Å². The van der Waals surface area contributed by atoms with Crippen LogP contribution in [0.2, 0.25) is 0 Å². The van der Waals surface area contributed by atoms with E-state index in [2.05, 4.69) is 35.0 Å². The molecule has 3 aromatic carbocycles. The van der Waals surface area contributed by atoms with Gasteiger partial charge in [-0.1, -0.05) is 36.9 Å². The molecule has 1 aliphatic rings. The third-order valence-electron chi connectivity index (χ3n) is 6.05. The van der Waals surface area contributed by atoms with Crippen LogP contribution in [-0.2, 0) is 26.2 Å². The molecule has 0 saturated carbocycles. The molecule has 190 valence electrons. The van der Waals surface area contributed by atoms with Crippen molar-refractivity contribution in [2.75, 3.05) is 13.9 Å². The molecule has 1 aliphatic heterocycles. The quantitative estimate of drug-likeness (QED) is 0.264. The number of methoxy groups -OCH3 is 1. The van der Waals surface area contributed by atoms with Gasteiger partial charge in [-0.3, -0.25) is 4.90 Å². The molecule has 0 aliphatic carbocycles. The molecule has 0 unspecified atom stereocenters. The van der Waals surface area contributed by atoms with E-state index in [0.717, 1.165) is 57.9 Å². The van der Waals surface area contributed by atoms with E-state index in [9.17, 15) is 4.39 Å². The lowest BCUT2D eigenvalue weighted by Gasteiger charge is -2.22. The molecule has 5 rings (SSSR count). The zero-order valence-electron chi connectivity index (χ0n) is 20.6. The second-order valence-corrected chi connectivity index (χ2v) is 9.71. The standard InChI is InChI=1S/C29H28FN3O3S/c1-20(31-14-21-3-8-24(30)9-4-21)26-18-37-29(32-26)17-33(15-22-5-10-25(34-2)11-6-22)16-23-7-12-27-28(13-23)36-19-35-27/h3-13,18,31H,1,14-17,19H2,2H3. The third kappa shape index (κ3) is 6.47. The van der Waals surface area contributed by atoms with Crippen LogP contribution in [0.1, 0.15) is 27.4 Å². The summed E-state index contributed by atoms with van der Waals surface area (Å²) in [7, 11) is 1.67. The molecule has 8 heteroatoms. The van der Waals surface area contributed by atoms with E-state index in [1.165, 1.54) is 17.7 Å². The Bertz CT molecular complexity index is 1360. The van der Waals surface area contributed by atoms with E-state index < -0.39 is 0 Å². The minimum atomic E-state index is -0.244. The predicted octanol–water partition coefficient (Wildman–Crippen LogP) is 5.98. The lowest BCUT2D eigenvalue weighted by atomic mass is 10.1. The van der Waals surface area contributed by atoms with Crippen LogP contribution in [0, 0.1) is 5.82 Å². The summed E-state index contributed by atoms with van der Waals surface area (Å²) in [5, 5.41) is 6.30. The summed E-state index contributed by atoms with van der Waals surface area (Å²) in [4.78, 5) is 7.18.